The Labute approximate surface area is 120 Å². The van der Waals surface area contributed by atoms with Gasteiger partial charge in [0.2, 0.25) is 0 Å². The van der Waals surface area contributed by atoms with Crippen LogP contribution in [0.2, 0.25) is 0 Å². The Balaban J connectivity index is 2.08. The van der Waals surface area contributed by atoms with Gasteiger partial charge in [0.05, 0.1) is 11.0 Å². The predicted octanol–water partition coefficient (Wildman–Crippen LogP) is 2.30. The number of carbonyl (C=O) groups is 1. The number of aromatic amines is 1. The Morgan fingerprint density at radius 1 is 1.24 bits per heavy atom. The number of benzene rings is 2. The van der Waals surface area contributed by atoms with Gasteiger partial charge >= 0.3 is 11.7 Å². The van der Waals surface area contributed by atoms with Crippen LogP contribution in [0.4, 0.5) is 16.2 Å². The molecule has 21 heavy (non-hydrogen) atoms. The fourth-order valence-electron chi connectivity index (χ4n) is 2.18. The molecule has 3 rings (SSSR count). The van der Waals surface area contributed by atoms with Gasteiger partial charge in [-0.15, -0.1) is 0 Å². The second-order valence-corrected chi connectivity index (χ2v) is 4.79. The lowest BCUT2D eigenvalue weighted by Crippen LogP contribution is -2.29. The Kier molecular flexibility index (Phi) is 2.98. The summed E-state index contributed by atoms with van der Waals surface area (Å²) in [4.78, 5) is 26.9. The number of H-pyrrole nitrogens is 1. The normalized spacial score (nSPS) is 10.7. The van der Waals surface area contributed by atoms with Gasteiger partial charge in [-0.3, -0.25) is 0 Å². The van der Waals surface area contributed by atoms with Crippen molar-refractivity contribution in [1.29, 1.82) is 0 Å². The third-order valence-electron chi connectivity index (χ3n) is 3.30. The van der Waals surface area contributed by atoms with Crippen LogP contribution in [0.5, 0.6) is 0 Å². The van der Waals surface area contributed by atoms with Crippen molar-refractivity contribution in [1.82, 2.24) is 9.55 Å². The summed E-state index contributed by atoms with van der Waals surface area (Å²) >= 11 is 0. The maximum absolute atomic E-state index is 12.3. The number of nitrogens with zero attached hydrogens (tertiary/aromatic N) is 1. The van der Waals surface area contributed by atoms with Gasteiger partial charge in [-0.1, -0.05) is 18.2 Å². The Morgan fingerprint density at radius 2 is 1.95 bits per heavy atom. The number of hydrogen-bond donors (Lipinski definition) is 3. The van der Waals surface area contributed by atoms with E-state index in [1.165, 1.54) is 0 Å². The van der Waals surface area contributed by atoms with E-state index in [9.17, 15) is 9.59 Å². The number of hydrogen-bond acceptors (Lipinski definition) is 3. The average Bonchev–Trinajstić information content (AvgIpc) is 2.75. The van der Waals surface area contributed by atoms with Crippen LogP contribution in [-0.4, -0.2) is 15.6 Å². The highest BCUT2D eigenvalue weighted by atomic mass is 16.2. The quantitative estimate of drug-likeness (QED) is 0.598. The summed E-state index contributed by atoms with van der Waals surface area (Å²) in [6, 6.07) is 11.8. The highest BCUT2D eigenvalue weighted by Crippen LogP contribution is 2.19. The molecule has 3 aromatic rings. The number of rotatable bonds is 1. The summed E-state index contributed by atoms with van der Waals surface area (Å²) < 4.78 is 1.04. The second kappa shape index (κ2) is 4.82. The van der Waals surface area contributed by atoms with Gasteiger partial charge < -0.3 is 16.0 Å². The van der Waals surface area contributed by atoms with E-state index in [0.29, 0.717) is 22.4 Å². The van der Waals surface area contributed by atoms with Crippen LogP contribution in [0.25, 0.3) is 11.0 Å². The molecule has 106 valence electrons. The van der Waals surface area contributed by atoms with E-state index in [4.69, 9.17) is 5.73 Å². The van der Waals surface area contributed by atoms with E-state index in [0.717, 1.165) is 10.1 Å². The molecule has 4 N–H and O–H groups in total. The predicted molar refractivity (Wildman–Crippen MR) is 82.6 cm³/mol. The molecule has 0 aliphatic carbocycles. The second-order valence-electron chi connectivity index (χ2n) is 4.79. The van der Waals surface area contributed by atoms with E-state index in [2.05, 4.69) is 10.3 Å². The number of aromatic nitrogens is 2. The molecule has 0 bridgehead atoms. The maximum Gasteiger partial charge on any atom is 0.334 e. The number of nitrogens with two attached hydrogens (primary N) is 1. The standard InChI is InChI=1S/C15H14N4O2/c1-9-7-12-13(8-11(9)16)19(15(21)18-12)14(20)17-10-5-3-2-4-6-10/h2-8H,16H2,1H3,(H,17,20)(H,18,21). The lowest BCUT2D eigenvalue weighted by molar-refractivity contribution is 0.253. The fourth-order valence-corrected chi connectivity index (χ4v) is 2.18. The molecule has 1 heterocycles. The summed E-state index contributed by atoms with van der Waals surface area (Å²) in [5.41, 5.74) is 8.38. The number of amides is 1. The zero-order valence-electron chi connectivity index (χ0n) is 11.4. The van der Waals surface area contributed by atoms with Crippen LogP contribution in [0, 0.1) is 6.92 Å². The minimum absolute atomic E-state index is 0.455. The highest BCUT2D eigenvalue weighted by Gasteiger charge is 2.15. The zero-order valence-corrected chi connectivity index (χ0v) is 11.4. The average molecular weight is 282 g/mol. The zero-order chi connectivity index (χ0) is 15.0. The summed E-state index contributed by atoms with van der Waals surface area (Å²) in [5.74, 6) is 0. The van der Waals surface area contributed by atoms with Crippen LogP contribution in [0.3, 0.4) is 0 Å². The Morgan fingerprint density at radius 3 is 2.67 bits per heavy atom. The number of fused-ring (bicyclic) bond motifs is 1. The van der Waals surface area contributed by atoms with Gasteiger partial charge in [0, 0.05) is 11.4 Å². The van der Waals surface area contributed by atoms with Crippen molar-refractivity contribution in [3.63, 3.8) is 0 Å². The summed E-state index contributed by atoms with van der Waals surface area (Å²) in [7, 11) is 0. The number of imidazole rings is 1. The fraction of sp³-hybridized carbons (Fsp3) is 0.0667. The minimum atomic E-state index is -0.527. The van der Waals surface area contributed by atoms with E-state index >= 15 is 0 Å². The lowest BCUT2D eigenvalue weighted by atomic mass is 10.2. The molecule has 0 saturated carbocycles. The first-order valence-corrected chi connectivity index (χ1v) is 6.43. The molecule has 1 amide bonds. The molecule has 0 fully saturated rings. The SMILES string of the molecule is Cc1cc2[nH]c(=O)n(C(=O)Nc3ccccc3)c2cc1N. The summed E-state index contributed by atoms with van der Waals surface area (Å²) in [6.07, 6.45) is 0. The van der Waals surface area contributed by atoms with Gasteiger partial charge in [0.15, 0.2) is 0 Å². The van der Waals surface area contributed by atoms with Crippen molar-refractivity contribution in [2.24, 2.45) is 0 Å². The van der Waals surface area contributed by atoms with Crippen LogP contribution in [0.1, 0.15) is 5.56 Å². The van der Waals surface area contributed by atoms with E-state index < -0.39 is 11.7 Å². The van der Waals surface area contributed by atoms with Crippen LogP contribution < -0.4 is 16.7 Å². The van der Waals surface area contributed by atoms with Gasteiger partial charge in [-0.2, -0.15) is 0 Å². The van der Waals surface area contributed by atoms with Crippen molar-refractivity contribution in [2.75, 3.05) is 11.1 Å². The Hall–Kier alpha value is -3.02. The molecular formula is C15H14N4O2. The third-order valence-corrected chi connectivity index (χ3v) is 3.30. The number of carbonyl (C=O) groups excluding carboxylic acids is 1. The topological polar surface area (TPSA) is 92.9 Å². The first-order valence-electron chi connectivity index (χ1n) is 6.43. The first-order chi connectivity index (χ1) is 10.1. The van der Waals surface area contributed by atoms with Crippen molar-refractivity contribution in [3.05, 3.63) is 58.5 Å². The highest BCUT2D eigenvalue weighted by molar-refractivity contribution is 5.98. The van der Waals surface area contributed by atoms with E-state index in [-0.39, 0.29) is 0 Å². The number of nitrogens with one attached hydrogen (secondary N) is 2. The molecular weight excluding hydrogens is 268 g/mol. The number of para-hydroxylation sites is 1. The molecule has 0 aliphatic heterocycles. The van der Waals surface area contributed by atoms with Crippen LogP contribution in [0.15, 0.2) is 47.3 Å². The molecule has 0 radical (unpaired) electrons. The molecule has 1 aromatic heterocycles. The third kappa shape index (κ3) is 2.27. The molecule has 0 spiro atoms. The molecule has 2 aromatic carbocycles. The van der Waals surface area contributed by atoms with Crippen molar-refractivity contribution in [3.8, 4) is 0 Å². The summed E-state index contributed by atoms with van der Waals surface area (Å²) in [6.45, 7) is 1.84. The van der Waals surface area contributed by atoms with Gasteiger partial charge in [-0.05, 0) is 36.8 Å². The molecule has 6 heteroatoms. The van der Waals surface area contributed by atoms with E-state index in [1.54, 1.807) is 36.4 Å². The van der Waals surface area contributed by atoms with Gasteiger partial charge in [-0.25, -0.2) is 14.2 Å². The Bertz CT molecular complexity index is 878. The van der Waals surface area contributed by atoms with Crippen molar-refractivity contribution >= 4 is 28.4 Å². The number of aryl methyl sites for hydroxylation is 1. The maximum atomic E-state index is 12.3. The number of nitrogen functional groups attached to an aromatic ring is 1. The molecule has 6 nitrogen and oxygen atoms in total. The van der Waals surface area contributed by atoms with Crippen molar-refractivity contribution in [2.45, 2.75) is 6.92 Å². The monoisotopic (exact) mass is 282 g/mol. The molecule has 0 saturated heterocycles. The van der Waals surface area contributed by atoms with Gasteiger partial charge in [0.1, 0.15) is 0 Å². The molecule has 0 unspecified atom stereocenters. The van der Waals surface area contributed by atoms with Crippen molar-refractivity contribution < 1.29 is 4.79 Å². The molecule has 0 atom stereocenters. The first kappa shape index (κ1) is 13.0. The minimum Gasteiger partial charge on any atom is -0.398 e. The van der Waals surface area contributed by atoms with Gasteiger partial charge in [0.25, 0.3) is 0 Å². The van der Waals surface area contributed by atoms with E-state index in [1.807, 2.05) is 13.0 Å². The number of anilines is 2. The van der Waals surface area contributed by atoms with Crippen LogP contribution >= 0.6 is 0 Å². The lowest BCUT2D eigenvalue weighted by Gasteiger charge is -2.06. The molecule has 0 aliphatic rings. The summed E-state index contributed by atoms with van der Waals surface area (Å²) in [5, 5.41) is 2.67. The largest absolute Gasteiger partial charge is 0.398 e. The van der Waals surface area contributed by atoms with Crippen LogP contribution in [-0.2, 0) is 0 Å². The smallest absolute Gasteiger partial charge is 0.334 e.